The van der Waals surface area contributed by atoms with Gasteiger partial charge in [-0.2, -0.15) is 15.0 Å². The van der Waals surface area contributed by atoms with Crippen LogP contribution in [0.3, 0.4) is 0 Å². The molecule has 9 nitrogen and oxygen atoms in total. The minimum atomic E-state index is -0.552. The number of benzene rings is 2. The van der Waals surface area contributed by atoms with Crippen LogP contribution >= 0.6 is 11.6 Å². The molecule has 0 spiro atoms. The molecule has 2 aromatic carbocycles. The number of ether oxygens (including phenoxy) is 3. The van der Waals surface area contributed by atoms with Crippen molar-refractivity contribution >= 4 is 41.2 Å². The Balaban J connectivity index is 1.46. The number of hydrogen-bond acceptors (Lipinski definition) is 9. The average molecular weight is 440 g/mol. The van der Waals surface area contributed by atoms with Crippen LogP contribution in [0.25, 0.3) is 6.08 Å². The first kappa shape index (κ1) is 20.4. The van der Waals surface area contributed by atoms with E-state index in [0.29, 0.717) is 33.3 Å². The smallest absolute Gasteiger partial charge is 0.337 e. The van der Waals surface area contributed by atoms with Gasteiger partial charge in [-0.25, -0.2) is 4.79 Å². The molecule has 3 aromatic rings. The Morgan fingerprint density at radius 1 is 1.23 bits per heavy atom. The van der Waals surface area contributed by atoms with Gasteiger partial charge in [-0.15, -0.1) is 0 Å². The van der Waals surface area contributed by atoms with Crippen molar-refractivity contribution in [2.45, 2.75) is 6.61 Å². The highest BCUT2D eigenvalue weighted by atomic mass is 35.5. The Kier molecular flexibility index (Phi) is 5.85. The maximum absolute atomic E-state index is 12.5. The first-order valence-electron chi connectivity index (χ1n) is 9.22. The van der Waals surface area contributed by atoms with Gasteiger partial charge in [0, 0.05) is 10.6 Å². The average Bonchev–Trinajstić information content (AvgIpc) is 2.77. The van der Waals surface area contributed by atoms with Crippen LogP contribution in [0.5, 0.6) is 11.5 Å². The lowest BCUT2D eigenvalue weighted by molar-refractivity contribution is -0.140. The number of carbonyl (C=O) groups excluding carboxylic acids is 1. The number of aromatic nitrogens is 3. The predicted molar refractivity (Wildman–Crippen MR) is 115 cm³/mol. The molecule has 0 atom stereocenters. The topological polar surface area (TPSA) is 121 Å². The van der Waals surface area contributed by atoms with E-state index in [1.807, 2.05) is 12.1 Å². The summed E-state index contributed by atoms with van der Waals surface area (Å²) in [4.78, 5) is 24.8. The largest absolute Gasteiger partial charge is 0.495 e. The molecule has 1 aliphatic heterocycles. The Labute approximate surface area is 182 Å². The van der Waals surface area contributed by atoms with Crippen LogP contribution in [0, 0.1) is 0 Å². The molecule has 10 heteroatoms. The second kappa shape index (κ2) is 8.88. The number of esters is 1. The van der Waals surface area contributed by atoms with E-state index in [0.717, 1.165) is 0 Å². The maximum atomic E-state index is 12.5. The van der Waals surface area contributed by atoms with Crippen molar-refractivity contribution < 1.29 is 19.0 Å². The molecular weight excluding hydrogens is 422 g/mol. The predicted octanol–water partition coefficient (Wildman–Crippen LogP) is 3.38. The fraction of sp³-hybridized carbons (Fsp3) is 0.143. The lowest BCUT2D eigenvalue weighted by Crippen LogP contribution is -2.18. The van der Waals surface area contributed by atoms with Gasteiger partial charge in [0.25, 0.3) is 0 Å². The number of halogens is 1. The van der Waals surface area contributed by atoms with Crippen molar-refractivity contribution in [2.24, 2.45) is 0 Å². The lowest BCUT2D eigenvalue weighted by atomic mass is 10.1. The van der Waals surface area contributed by atoms with E-state index in [1.165, 1.54) is 0 Å². The molecule has 2 heterocycles. The number of anilines is 3. The maximum Gasteiger partial charge on any atom is 0.337 e. The summed E-state index contributed by atoms with van der Waals surface area (Å²) >= 11 is 6.00. The first-order chi connectivity index (χ1) is 15.0. The van der Waals surface area contributed by atoms with Crippen molar-refractivity contribution in [2.75, 3.05) is 24.8 Å². The van der Waals surface area contributed by atoms with Crippen LogP contribution in [-0.4, -0.2) is 34.6 Å². The van der Waals surface area contributed by atoms with Crippen molar-refractivity contribution in [1.29, 1.82) is 0 Å². The zero-order chi connectivity index (χ0) is 21.8. The standard InChI is InChI=1S/C21H18ClN5O4/c1-29-17-5-3-2-4-15(17)24-21-26-18(25-20(23)27-21)11-31-19(28)13-8-12-9-14(22)6-7-16(12)30-10-13/h2-9H,10-11H2,1H3,(H3,23,24,25,26,27). The van der Waals surface area contributed by atoms with Gasteiger partial charge in [0.15, 0.2) is 12.4 Å². The van der Waals surface area contributed by atoms with Crippen LogP contribution in [-0.2, 0) is 16.1 Å². The molecule has 3 N–H and O–H groups in total. The van der Waals surface area contributed by atoms with Crippen LogP contribution in [0.1, 0.15) is 11.4 Å². The first-order valence-corrected chi connectivity index (χ1v) is 9.60. The molecule has 31 heavy (non-hydrogen) atoms. The van der Waals surface area contributed by atoms with E-state index in [4.69, 9.17) is 31.5 Å². The van der Waals surface area contributed by atoms with E-state index < -0.39 is 5.97 Å². The summed E-state index contributed by atoms with van der Waals surface area (Å²) in [6, 6.07) is 12.5. The number of hydrogen-bond donors (Lipinski definition) is 2. The van der Waals surface area contributed by atoms with Gasteiger partial charge in [-0.05, 0) is 36.4 Å². The van der Waals surface area contributed by atoms with Crippen molar-refractivity contribution in [3.63, 3.8) is 0 Å². The highest BCUT2D eigenvalue weighted by molar-refractivity contribution is 6.30. The normalized spacial score (nSPS) is 12.3. The Hall–Kier alpha value is -3.85. The Morgan fingerprint density at radius 2 is 2.06 bits per heavy atom. The summed E-state index contributed by atoms with van der Waals surface area (Å²) < 4.78 is 16.2. The molecule has 0 bridgehead atoms. The molecule has 0 fully saturated rings. The van der Waals surface area contributed by atoms with Crippen molar-refractivity contribution in [1.82, 2.24) is 15.0 Å². The zero-order valence-electron chi connectivity index (χ0n) is 16.5. The summed E-state index contributed by atoms with van der Waals surface area (Å²) in [6.07, 6.45) is 1.68. The van der Waals surface area contributed by atoms with E-state index in [2.05, 4.69) is 20.3 Å². The van der Waals surface area contributed by atoms with E-state index >= 15 is 0 Å². The molecule has 1 aromatic heterocycles. The number of rotatable bonds is 6. The van der Waals surface area contributed by atoms with Gasteiger partial charge in [-0.3, -0.25) is 0 Å². The number of nitrogen functional groups attached to an aromatic ring is 1. The number of fused-ring (bicyclic) bond motifs is 1. The molecule has 4 rings (SSSR count). The third-order valence-electron chi connectivity index (χ3n) is 4.33. The third-order valence-corrected chi connectivity index (χ3v) is 4.57. The fourth-order valence-corrected chi connectivity index (χ4v) is 3.10. The van der Waals surface area contributed by atoms with Crippen LogP contribution in [0.4, 0.5) is 17.6 Å². The van der Waals surface area contributed by atoms with E-state index in [9.17, 15) is 4.79 Å². The van der Waals surface area contributed by atoms with Crippen LogP contribution < -0.4 is 20.5 Å². The minimum Gasteiger partial charge on any atom is -0.495 e. The third kappa shape index (κ3) is 4.84. The lowest BCUT2D eigenvalue weighted by Gasteiger charge is -2.17. The zero-order valence-corrected chi connectivity index (χ0v) is 17.2. The fourth-order valence-electron chi connectivity index (χ4n) is 2.92. The number of methoxy groups -OCH3 is 1. The molecule has 158 valence electrons. The number of nitrogens with zero attached hydrogens (tertiary/aromatic N) is 3. The summed E-state index contributed by atoms with van der Waals surface area (Å²) in [5, 5.41) is 3.57. The van der Waals surface area contributed by atoms with E-state index in [-0.39, 0.29) is 30.9 Å². The van der Waals surface area contributed by atoms with Crippen molar-refractivity contribution in [3.05, 3.63) is 64.4 Å². The number of nitrogens with one attached hydrogen (secondary N) is 1. The monoisotopic (exact) mass is 439 g/mol. The Morgan fingerprint density at radius 3 is 2.90 bits per heavy atom. The SMILES string of the molecule is COc1ccccc1Nc1nc(N)nc(COC(=O)C2=Cc3cc(Cl)ccc3OC2)n1. The molecule has 0 amide bonds. The Bertz CT molecular complexity index is 1170. The van der Waals surface area contributed by atoms with Gasteiger partial charge >= 0.3 is 5.97 Å². The van der Waals surface area contributed by atoms with Gasteiger partial charge in [0.2, 0.25) is 11.9 Å². The summed E-state index contributed by atoms with van der Waals surface area (Å²) in [5.74, 6) is 1.09. The molecule has 1 aliphatic rings. The molecule has 0 saturated heterocycles. The van der Waals surface area contributed by atoms with Gasteiger partial charge in [-0.1, -0.05) is 23.7 Å². The molecule has 0 radical (unpaired) electrons. The van der Waals surface area contributed by atoms with Gasteiger partial charge < -0.3 is 25.3 Å². The van der Waals surface area contributed by atoms with Gasteiger partial charge in [0.1, 0.15) is 18.1 Å². The number of carbonyl (C=O) groups is 1. The van der Waals surface area contributed by atoms with Gasteiger partial charge in [0.05, 0.1) is 18.4 Å². The van der Waals surface area contributed by atoms with Crippen LogP contribution in [0.15, 0.2) is 48.0 Å². The quantitative estimate of drug-likeness (QED) is 0.556. The summed E-state index contributed by atoms with van der Waals surface area (Å²) in [5.41, 5.74) is 7.49. The molecular formula is C21H18ClN5O4. The van der Waals surface area contributed by atoms with E-state index in [1.54, 1.807) is 43.5 Å². The second-order valence-corrected chi connectivity index (χ2v) is 6.91. The minimum absolute atomic E-state index is 0.0118. The highest BCUT2D eigenvalue weighted by Crippen LogP contribution is 2.29. The highest BCUT2D eigenvalue weighted by Gasteiger charge is 2.19. The summed E-state index contributed by atoms with van der Waals surface area (Å²) in [6.45, 7) is -0.0979. The van der Waals surface area contributed by atoms with Crippen molar-refractivity contribution in [3.8, 4) is 11.5 Å². The molecule has 0 unspecified atom stereocenters. The number of para-hydroxylation sites is 2. The second-order valence-electron chi connectivity index (χ2n) is 6.48. The number of nitrogens with two attached hydrogens (primary N) is 1. The van der Waals surface area contributed by atoms with Crippen LogP contribution in [0.2, 0.25) is 5.02 Å². The molecule has 0 aliphatic carbocycles. The molecule has 0 saturated carbocycles. The summed E-state index contributed by atoms with van der Waals surface area (Å²) in [7, 11) is 1.56.